The van der Waals surface area contributed by atoms with Gasteiger partial charge in [0.15, 0.2) is 5.65 Å². The molecule has 112 valence electrons. The second-order valence-electron chi connectivity index (χ2n) is 5.65. The van der Waals surface area contributed by atoms with E-state index in [1.807, 2.05) is 12.1 Å². The molecule has 0 saturated heterocycles. The second-order valence-corrected chi connectivity index (χ2v) is 6.56. The maximum atomic E-state index is 4.73. The molecule has 0 aliphatic carbocycles. The summed E-state index contributed by atoms with van der Waals surface area (Å²) in [5, 5.41) is 3.17. The van der Waals surface area contributed by atoms with Gasteiger partial charge in [-0.25, -0.2) is 19.9 Å². The van der Waals surface area contributed by atoms with E-state index in [1.54, 1.807) is 23.9 Å². The molecule has 0 radical (unpaired) electrons. The average Bonchev–Trinajstić information content (AvgIpc) is 3.08. The van der Waals surface area contributed by atoms with E-state index < -0.39 is 0 Å². The van der Waals surface area contributed by atoms with E-state index in [9.17, 15) is 0 Å². The van der Waals surface area contributed by atoms with Gasteiger partial charge in [0.1, 0.15) is 12.1 Å². The molecule has 0 bridgehead atoms. The number of hydrogen-bond acceptors (Lipinski definition) is 6. The van der Waals surface area contributed by atoms with Crippen LogP contribution in [0.5, 0.6) is 0 Å². The molecule has 0 saturated carbocycles. The molecule has 0 spiro atoms. The summed E-state index contributed by atoms with van der Waals surface area (Å²) in [7, 11) is 0. The Morgan fingerprint density at radius 3 is 3.13 bits per heavy atom. The fourth-order valence-corrected chi connectivity index (χ4v) is 4.01. The van der Waals surface area contributed by atoms with Gasteiger partial charge in [-0.1, -0.05) is 0 Å². The first-order chi connectivity index (χ1) is 11.4. The summed E-state index contributed by atoms with van der Waals surface area (Å²) in [4.78, 5) is 20.3. The first-order valence-electron chi connectivity index (χ1n) is 7.55. The van der Waals surface area contributed by atoms with Crippen LogP contribution in [-0.2, 0) is 13.0 Å². The highest BCUT2D eigenvalue weighted by Crippen LogP contribution is 2.31. The molecule has 0 unspecified atom stereocenters. The van der Waals surface area contributed by atoms with Gasteiger partial charge in [-0.3, -0.25) is 0 Å². The van der Waals surface area contributed by atoms with Gasteiger partial charge in [0.25, 0.3) is 0 Å². The minimum atomic E-state index is 0.831. The van der Waals surface area contributed by atoms with Crippen LogP contribution in [0.25, 0.3) is 21.3 Å². The van der Waals surface area contributed by atoms with Crippen molar-refractivity contribution in [3.8, 4) is 0 Å². The maximum Gasteiger partial charge on any atom is 0.159 e. The van der Waals surface area contributed by atoms with Crippen LogP contribution in [0.15, 0.2) is 42.2 Å². The third-order valence-corrected chi connectivity index (χ3v) is 5.16. The maximum absolute atomic E-state index is 4.73. The Hall–Kier alpha value is -2.60. The number of rotatable bonds is 1. The van der Waals surface area contributed by atoms with Crippen molar-refractivity contribution in [1.82, 2.24) is 19.9 Å². The molecule has 0 N–H and O–H groups in total. The minimum absolute atomic E-state index is 0.831. The predicted molar refractivity (Wildman–Crippen MR) is 91.7 cm³/mol. The van der Waals surface area contributed by atoms with Gasteiger partial charge in [-0.2, -0.15) is 0 Å². The number of pyridine rings is 2. The molecule has 23 heavy (non-hydrogen) atoms. The van der Waals surface area contributed by atoms with Crippen molar-refractivity contribution in [1.29, 1.82) is 0 Å². The molecular formula is C17H13N5S. The Bertz CT molecular complexity index is 1030. The van der Waals surface area contributed by atoms with Gasteiger partial charge in [-0.05, 0) is 35.2 Å². The van der Waals surface area contributed by atoms with Crippen molar-refractivity contribution in [2.24, 2.45) is 0 Å². The van der Waals surface area contributed by atoms with E-state index in [4.69, 9.17) is 4.98 Å². The largest absolute Gasteiger partial charge is 0.351 e. The van der Waals surface area contributed by atoms with Gasteiger partial charge in [0.05, 0.1) is 10.2 Å². The molecule has 1 aliphatic rings. The second kappa shape index (κ2) is 4.96. The van der Waals surface area contributed by atoms with Gasteiger partial charge in [0.2, 0.25) is 0 Å². The van der Waals surface area contributed by atoms with Gasteiger partial charge < -0.3 is 4.90 Å². The smallest absolute Gasteiger partial charge is 0.159 e. The van der Waals surface area contributed by atoms with Crippen LogP contribution >= 0.6 is 11.3 Å². The molecule has 4 aromatic heterocycles. The lowest BCUT2D eigenvalue weighted by atomic mass is 10.0. The number of fused-ring (bicyclic) bond motifs is 3. The monoisotopic (exact) mass is 319 g/mol. The molecule has 6 heteroatoms. The highest BCUT2D eigenvalue weighted by molar-refractivity contribution is 7.17. The van der Waals surface area contributed by atoms with Crippen molar-refractivity contribution >= 4 is 38.4 Å². The summed E-state index contributed by atoms with van der Waals surface area (Å²) < 4.78 is 1.16. The highest BCUT2D eigenvalue weighted by Gasteiger charge is 2.21. The van der Waals surface area contributed by atoms with Crippen LogP contribution in [-0.4, -0.2) is 26.5 Å². The van der Waals surface area contributed by atoms with Crippen LogP contribution in [0.1, 0.15) is 11.3 Å². The Kier molecular flexibility index (Phi) is 2.78. The fourth-order valence-electron chi connectivity index (χ4n) is 3.15. The lowest BCUT2D eigenvalue weighted by molar-refractivity contribution is 0.708. The van der Waals surface area contributed by atoms with E-state index in [2.05, 4.69) is 37.4 Å². The van der Waals surface area contributed by atoms with Gasteiger partial charge in [0, 0.05) is 36.8 Å². The number of thiophene rings is 1. The normalized spacial score (nSPS) is 14.3. The van der Waals surface area contributed by atoms with E-state index in [-0.39, 0.29) is 0 Å². The predicted octanol–water partition coefficient (Wildman–Crippen LogP) is 3.20. The molecule has 5 heterocycles. The molecular weight excluding hydrogens is 306 g/mol. The standard InChI is InChI=1S/C17H13N5S/c1-2-11-8-12-9-22(6-3-13(12)21-16(11)18-5-1)17-15-14(4-7-23-15)19-10-20-17/h1-2,4-5,7-8,10H,3,6,9H2. The number of aromatic nitrogens is 4. The third kappa shape index (κ3) is 2.06. The van der Waals surface area contributed by atoms with Crippen molar-refractivity contribution < 1.29 is 0 Å². The van der Waals surface area contributed by atoms with E-state index >= 15 is 0 Å². The number of nitrogens with zero attached hydrogens (tertiary/aromatic N) is 5. The summed E-state index contributed by atoms with van der Waals surface area (Å²) in [6, 6.07) is 8.28. The van der Waals surface area contributed by atoms with E-state index in [1.165, 1.54) is 5.56 Å². The molecule has 0 atom stereocenters. The Morgan fingerprint density at radius 2 is 2.13 bits per heavy atom. The van der Waals surface area contributed by atoms with E-state index in [0.717, 1.165) is 52.3 Å². The van der Waals surface area contributed by atoms with Crippen molar-refractivity contribution in [3.63, 3.8) is 0 Å². The summed E-state index contributed by atoms with van der Waals surface area (Å²) in [6.07, 6.45) is 4.37. The van der Waals surface area contributed by atoms with Crippen molar-refractivity contribution in [2.45, 2.75) is 13.0 Å². The quantitative estimate of drug-likeness (QED) is 0.539. The molecule has 5 nitrogen and oxygen atoms in total. The zero-order chi connectivity index (χ0) is 15.2. The zero-order valence-corrected chi connectivity index (χ0v) is 13.1. The Morgan fingerprint density at radius 1 is 1.13 bits per heavy atom. The zero-order valence-electron chi connectivity index (χ0n) is 12.3. The molecule has 0 fully saturated rings. The molecule has 0 amide bonds. The summed E-state index contributed by atoms with van der Waals surface area (Å²) in [5.74, 6) is 1.03. The highest BCUT2D eigenvalue weighted by atomic mass is 32.1. The van der Waals surface area contributed by atoms with Crippen LogP contribution in [0.3, 0.4) is 0 Å². The minimum Gasteiger partial charge on any atom is -0.351 e. The molecule has 5 rings (SSSR count). The van der Waals surface area contributed by atoms with Gasteiger partial charge in [-0.15, -0.1) is 11.3 Å². The summed E-state index contributed by atoms with van der Waals surface area (Å²) in [6.45, 7) is 1.75. The first-order valence-corrected chi connectivity index (χ1v) is 8.43. The third-order valence-electron chi connectivity index (χ3n) is 4.26. The SMILES string of the molecule is c1cnc2nc3c(cc2c1)CN(c1ncnc2ccsc12)CC3. The fraction of sp³-hybridized carbons (Fsp3) is 0.176. The number of anilines is 1. The summed E-state index contributed by atoms with van der Waals surface area (Å²) >= 11 is 1.70. The molecule has 4 aromatic rings. The van der Waals surface area contributed by atoms with E-state index in [0.29, 0.717) is 0 Å². The number of hydrogen-bond donors (Lipinski definition) is 0. The Labute approximate surface area is 136 Å². The van der Waals surface area contributed by atoms with Crippen LogP contribution in [0.4, 0.5) is 5.82 Å². The first kappa shape index (κ1) is 12.9. The summed E-state index contributed by atoms with van der Waals surface area (Å²) in [5.41, 5.74) is 4.28. The van der Waals surface area contributed by atoms with Crippen LogP contribution in [0, 0.1) is 0 Å². The van der Waals surface area contributed by atoms with Crippen LogP contribution < -0.4 is 4.90 Å². The molecule has 1 aliphatic heterocycles. The average molecular weight is 319 g/mol. The van der Waals surface area contributed by atoms with Crippen molar-refractivity contribution in [2.75, 3.05) is 11.4 Å². The van der Waals surface area contributed by atoms with Crippen molar-refractivity contribution in [3.05, 3.63) is 53.4 Å². The lowest BCUT2D eigenvalue weighted by Gasteiger charge is -2.29. The topological polar surface area (TPSA) is 54.8 Å². The van der Waals surface area contributed by atoms with Crippen LogP contribution in [0.2, 0.25) is 0 Å². The molecule has 0 aromatic carbocycles. The van der Waals surface area contributed by atoms with Gasteiger partial charge >= 0.3 is 0 Å². The lowest BCUT2D eigenvalue weighted by Crippen LogP contribution is -2.31. The Balaban J connectivity index is 1.59.